The number of nitrogens with two attached hydrogens (primary N) is 1. The number of nitrogens with one attached hydrogen (secondary N) is 1. The summed E-state index contributed by atoms with van der Waals surface area (Å²) >= 11 is 0. The van der Waals surface area contributed by atoms with Crippen molar-refractivity contribution in [3.8, 4) is 0 Å². The first-order valence-corrected chi connectivity index (χ1v) is 5.68. The van der Waals surface area contributed by atoms with Crippen LogP contribution in [0.15, 0.2) is 36.4 Å². The first kappa shape index (κ1) is 11.5. The van der Waals surface area contributed by atoms with Crippen molar-refractivity contribution in [3.05, 3.63) is 53.3 Å². The highest BCUT2D eigenvalue weighted by atomic mass is 14.9. The normalized spacial score (nSPS) is 10.2. The molecule has 0 aliphatic carbocycles. The van der Waals surface area contributed by atoms with Gasteiger partial charge in [0.2, 0.25) is 0 Å². The molecule has 0 bridgehead atoms. The van der Waals surface area contributed by atoms with Gasteiger partial charge in [-0.3, -0.25) is 4.98 Å². The van der Waals surface area contributed by atoms with Crippen molar-refractivity contribution in [2.24, 2.45) is 0 Å². The van der Waals surface area contributed by atoms with E-state index in [-0.39, 0.29) is 0 Å². The zero-order valence-electron chi connectivity index (χ0n) is 10.2. The summed E-state index contributed by atoms with van der Waals surface area (Å²) in [7, 11) is 0. The van der Waals surface area contributed by atoms with E-state index >= 15 is 0 Å². The van der Waals surface area contributed by atoms with Gasteiger partial charge in [-0.1, -0.05) is 12.1 Å². The predicted octanol–water partition coefficient (Wildman–Crippen LogP) is 2.89. The number of aryl methyl sites for hydroxylation is 2. The molecule has 2 aromatic rings. The molecule has 0 aliphatic heterocycles. The third-order valence-electron chi connectivity index (χ3n) is 2.61. The molecule has 2 rings (SSSR count). The highest BCUT2D eigenvalue weighted by molar-refractivity contribution is 5.66. The molecule has 0 atom stereocenters. The van der Waals surface area contributed by atoms with E-state index in [1.807, 2.05) is 50.2 Å². The molecular formula is C14H17N3. The quantitative estimate of drug-likeness (QED) is 0.793. The summed E-state index contributed by atoms with van der Waals surface area (Å²) in [4.78, 5) is 4.43. The van der Waals surface area contributed by atoms with Crippen LogP contribution in [-0.2, 0) is 6.54 Å². The van der Waals surface area contributed by atoms with Crippen LogP contribution < -0.4 is 11.1 Å². The maximum absolute atomic E-state index is 5.93. The minimum atomic E-state index is 0.689. The summed E-state index contributed by atoms with van der Waals surface area (Å²) in [5.41, 5.74) is 10.9. The molecule has 88 valence electrons. The van der Waals surface area contributed by atoms with Crippen LogP contribution in [0, 0.1) is 13.8 Å². The lowest BCUT2D eigenvalue weighted by Gasteiger charge is -2.09. The predicted molar refractivity (Wildman–Crippen MR) is 71.9 cm³/mol. The smallest absolute Gasteiger partial charge is 0.0597 e. The Morgan fingerprint density at radius 2 is 2.00 bits per heavy atom. The first-order valence-electron chi connectivity index (χ1n) is 5.68. The van der Waals surface area contributed by atoms with Crippen molar-refractivity contribution < 1.29 is 0 Å². The lowest BCUT2D eigenvalue weighted by molar-refractivity contribution is 1.02. The lowest BCUT2D eigenvalue weighted by Crippen LogP contribution is -2.04. The minimum absolute atomic E-state index is 0.689. The average molecular weight is 227 g/mol. The van der Waals surface area contributed by atoms with E-state index in [1.54, 1.807) is 0 Å². The molecule has 0 spiro atoms. The number of aromatic nitrogens is 1. The van der Waals surface area contributed by atoms with Crippen molar-refractivity contribution in [1.29, 1.82) is 0 Å². The number of hydrogen-bond donors (Lipinski definition) is 2. The Kier molecular flexibility index (Phi) is 3.28. The van der Waals surface area contributed by atoms with E-state index < -0.39 is 0 Å². The van der Waals surface area contributed by atoms with Crippen LogP contribution >= 0.6 is 0 Å². The summed E-state index contributed by atoms with van der Waals surface area (Å²) in [6.07, 6.45) is 0. The fourth-order valence-electron chi connectivity index (χ4n) is 1.73. The molecule has 1 aromatic heterocycles. The number of nitrogens with zero attached hydrogens (tertiary/aromatic N) is 1. The molecule has 3 nitrogen and oxygen atoms in total. The SMILES string of the molecule is Cc1ccc(NCc2cccc(C)n2)c(N)c1. The molecule has 0 unspecified atom stereocenters. The van der Waals surface area contributed by atoms with E-state index in [4.69, 9.17) is 5.73 Å². The van der Waals surface area contributed by atoms with E-state index in [9.17, 15) is 0 Å². The second-order valence-corrected chi connectivity index (χ2v) is 4.21. The van der Waals surface area contributed by atoms with Crippen LogP contribution in [0.1, 0.15) is 17.0 Å². The third kappa shape index (κ3) is 2.97. The van der Waals surface area contributed by atoms with Gasteiger partial charge in [0.05, 0.1) is 23.6 Å². The molecule has 1 aromatic carbocycles. The van der Waals surface area contributed by atoms with Crippen LogP contribution in [-0.4, -0.2) is 4.98 Å². The Morgan fingerprint density at radius 1 is 1.18 bits per heavy atom. The zero-order chi connectivity index (χ0) is 12.3. The van der Waals surface area contributed by atoms with Crippen LogP contribution in [0.4, 0.5) is 11.4 Å². The second kappa shape index (κ2) is 4.87. The molecule has 0 fully saturated rings. The van der Waals surface area contributed by atoms with E-state index in [0.29, 0.717) is 6.54 Å². The number of hydrogen-bond acceptors (Lipinski definition) is 3. The Balaban J connectivity index is 2.07. The zero-order valence-corrected chi connectivity index (χ0v) is 10.2. The van der Waals surface area contributed by atoms with Crippen molar-refractivity contribution in [2.45, 2.75) is 20.4 Å². The van der Waals surface area contributed by atoms with E-state index in [0.717, 1.165) is 22.8 Å². The van der Waals surface area contributed by atoms with Gasteiger partial charge in [0, 0.05) is 5.69 Å². The highest BCUT2D eigenvalue weighted by Crippen LogP contribution is 2.19. The summed E-state index contributed by atoms with van der Waals surface area (Å²) in [5.74, 6) is 0. The summed E-state index contributed by atoms with van der Waals surface area (Å²) in [5, 5.41) is 3.30. The molecule has 3 N–H and O–H groups in total. The Morgan fingerprint density at radius 3 is 2.71 bits per heavy atom. The van der Waals surface area contributed by atoms with Gasteiger partial charge in [-0.25, -0.2) is 0 Å². The summed E-state index contributed by atoms with van der Waals surface area (Å²) in [6, 6.07) is 12.0. The fourth-order valence-corrected chi connectivity index (χ4v) is 1.73. The van der Waals surface area contributed by atoms with Gasteiger partial charge in [0.1, 0.15) is 0 Å². The Hall–Kier alpha value is -2.03. The highest BCUT2D eigenvalue weighted by Gasteiger charge is 1.99. The summed E-state index contributed by atoms with van der Waals surface area (Å²) in [6.45, 7) is 4.71. The molecule has 0 amide bonds. The van der Waals surface area contributed by atoms with Gasteiger partial charge in [0.15, 0.2) is 0 Å². The molecule has 3 heteroatoms. The van der Waals surface area contributed by atoms with E-state index in [2.05, 4.69) is 10.3 Å². The number of nitrogen functional groups attached to an aromatic ring is 1. The lowest BCUT2D eigenvalue weighted by atomic mass is 10.2. The third-order valence-corrected chi connectivity index (χ3v) is 2.61. The van der Waals surface area contributed by atoms with Crippen molar-refractivity contribution in [2.75, 3.05) is 11.1 Å². The number of anilines is 2. The van der Waals surface area contributed by atoms with Crippen LogP contribution in [0.5, 0.6) is 0 Å². The van der Waals surface area contributed by atoms with E-state index in [1.165, 1.54) is 5.56 Å². The minimum Gasteiger partial charge on any atom is -0.397 e. The van der Waals surface area contributed by atoms with Gasteiger partial charge >= 0.3 is 0 Å². The molecule has 1 heterocycles. The largest absolute Gasteiger partial charge is 0.397 e. The van der Waals surface area contributed by atoms with Gasteiger partial charge in [-0.15, -0.1) is 0 Å². The maximum Gasteiger partial charge on any atom is 0.0597 e. The number of rotatable bonds is 3. The Labute approximate surface area is 102 Å². The van der Waals surface area contributed by atoms with Gasteiger partial charge in [0.25, 0.3) is 0 Å². The monoisotopic (exact) mass is 227 g/mol. The average Bonchev–Trinajstić information content (AvgIpc) is 2.28. The number of pyridine rings is 1. The topological polar surface area (TPSA) is 50.9 Å². The van der Waals surface area contributed by atoms with Crippen LogP contribution in [0.2, 0.25) is 0 Å². The maximum atomic E-state index is 5.93. The summed E-state index contributed by atoms with van der Waals surface area (Å²) < 4.78 is 0. The standard InChI is InChI=1S/C14H17N3/c1-10-6-7-14(13(15)8-10)16-9-12-5-3-4-11(2)17-12/h3-8,16H,9,15H2,1-2H3. The fraction of sp³-hybridized carbons (Fsp3) is 0.214. The van der Waals surface area contributed by atoms with Gasteiger partial charge in [-0.2, -0.15) is 0 Å². The molecule has 0 saturated heterocycles. The molecule has 17 heavy (non-hydrogen) atoms. The van der Waals surface area contributed by atoms with Crippen molar-refractivity contribution in [3.63, 3.8) is 0 Å². The van der Waals surface area contributed by atoms with Gasteiger partial charge < -0.3 is 11.1 Å². The molecule has 0 aliphatic rings. The first-order chi connectivity index (χ1) is 8.15. The van der Waals surface area contributed by atoms with Crippen molar-refractivity contribution >= 4 is 11.4 Å². The van der Waals surface area contributed by atoms with Crippen LogP contribution in [0.3, 0.4) is 0 Å². The molecular weight excluding hydrogens is 210 g/mol. The molecule has 0 saturated carbocycles. The van der Waals surface area contributed by atoms with Crippen molar-refractivity contribution in [1.82, 2.24) is 4.98 Å². The van der Waals surface area contributed by atoms with Gasteiger partial charge in [-0.05, 0) is 43.7 Å². The second-order valence-electron chi connectivity index (χ2n) is 4.21. The number of benzene rings is 1. The van der Waals surface area contributed by atoms with Crippen LogP contribution in [0.25, 0.3) is 0 Å². The Bertz CT molecular complexity index is 521. The molecule has 0 radical (unpaired) electrons.